The number of anilines is 1. The number of halogens is 5. The smallest absolute Gasteiger partial charge is 0.240 e. The fourth-order valence-electron chi connectivity index (χ4n) is 3.72. The summed E-state index contributed by atoms with van der Waals surface area (Å²) in [4.78, 5) is 25.1. The maximum atomic E-state index is 14.1. The number of rotatable bonds is 1. The molecule has 0 saturated carbocycles. The molecule has 0 radical (unpaired) electrons. The van der Waals surface area contributed by atoms with E-state index in [1.165, 1.54) is 0 Å². The van der Waals surface area contributed by atoms with E-state index in [4.69, 9.17) is 4.74 Å². The van der Waals surface area contributed by atoms with Crippen LogP contribution in [0.1, 0.15) is 12.8 Å². The molecule has 122 valence electrons. The summed E-state index contributed by atoms with van der Waals surface area (Å²) in [7, 11) is 0. The second-order valence-corrected chi connectivity index (χ2v) is 6.57. The van der Waals surface area contributed by atoms with Gasteiger partial charge in [-0.15, -0.1) is 0 Å². The van der Waals surface area contributed by atoms with Crippen molar-refractivity contribution in [2.45, 2.75) is 25.0 Å². The number of carbonyl (C=O) groups excluding carboxylic acids is 2. The van der Waals surface area contributed by atoms with E-state index < -0.39 is 69.3 Å². The van der Waals surface area contributed by atoms with E-state index in [9.17, 15) is 27.2 Å². The van der Waals surface area contributed by atoms with Crippen molar-refractivity contribution in [2.24, 2.45) is 11.8 Å². The minimum atomic E-state index is -1.79. The molecule has 3 heterocycles. The SMILES string of the molecule is O=C1[C@@H]2[C@H](C(=O)N1c1c(F)c(F)c(Br)c(F)c1F)[C@H]1CC[C@@H]2O1. The number of imide groups is 1. The lowest BCUT2D eigenvalue weighted by molar-refractivity contribution is -0.124. The van der Waals surface area contributed by atoms with Crippen molar-refractivity contribution in [1.82, 2.24) is 0 Å². The molecule has 0 unspecified atom stereocenters. The van der Waals surface area contributed by atoms with Gasteiger partial charge in [-0.1, -0.05) is 0 Å². The molecule has 2 amide bonds. The van der Waals surface area contributed by atoms with Crippen molar-refractivity contribution in [3.8, 4) is 0 Å². The van der Waals surface area contributed by atoms with Crippen LogP contribution in [0.5, 0.6) is 0 Å². The molecular weight excluding hydrogens is 386 g/mol. The zero-order valence-electron chi connectivity index (χ0n) is 11.3. The average Bonchev–Trinajstić information content (AvgIpc) is 3.20. The molecule has 1 aromatic rings. The van der Waals surface area contributed by atoms with E-state index in [0.717, 1.165) is 0 Å². The van der Waals surface area contributed by atoms with Crippen LogP contribution in [0.15, 0.2) is 4.47 Å². The molecule has 0 N–H and O–H groups in total. The number of hydrogen-bond donors (Lipinski definition) is 0. The summed E-state index contributed by atoms with van der Waals surface area (Å²) in [6, 6.07) is 0. The van der Waals surface area contributed by atoms with Crippen LogP contribution in [0.3, 0.4) is 0 Å². The van der Waals surface area contributed by atoms with Gasteiger partial charge in [0.05, 0.1) is 28.5 Å². The Hall–Kier alpha value is -1.48. The van der Waals surface area contributed by atoms with E-state index >= 15 is 0 Å². The van der Waals surface area contributed by atoms with Gasteiger partial charge >= 0.3 is 0 Å². The van der Waals surface area contributed by atoms with Crippen LogP contribution in [-0.4, -0.2) is 24.0 Å². The molecule has 9 heteroatoms. The van der Waals surface area contributed by atoms with Crippen LogP contribution in [0, 0.1) is 35.1 Å². The summed E-state index contributed by atoms with van der Waals surface area (Å²) in [5.41, 5.74) is -1.30. The first kappa shape index (κ1) is 15.1. The van der Waals surface area contributed by atoms with Gasteiger partial charge in [-0.2, -0.15) is 0 Å². The van der Waals surface area contributed by atoms with Crippen LogP contribution in [0.2, 0.25) is 0 Å². The first-order chi connectivity index (χ1) is 10.8. The Kier molecular flexibility index (Phi) is 3.12. The van der Waals surface area contributed by atoms with Gasteiger partial charge in [0.15, 0.2) is 23.3 Å². The molecule has 3 aliphatic heterocycles. The fourth-order valence-corrected chi connectivity index (χ4v) is 4.07. The van der Waals surface area contributed by atoms with Crippen molar-refractivity contribution < 1.29 is 31.9 Å². The Morgan fingerprint density at radius 1 is 0.870 bits per heavy atom. The van der Waals surface area contributed by atoms with E-state index in [1.54, 1.807) is 0 Å². The van der Waals surface area contributed by atoms with E-state index in [2.05, 4.69) is 15.9 Å². The molecule has 0 aromatic heterocycles. The van der Waals surface area contributed by atoms with Gasteiger partial charge in [0.25, 0.3) is 0 Å². The van der Waals surface area contributed by atoms with Crippen LogP contribution in [0.4, 0.5) is 23.2 Å². The van der Waals surface area contributed by atoms with Crippen molar-refractivity contribution >= 4 is 33.4 Å². The third-order valence-electron chi connectivity index (χ3n) is 4.69. The fraction of sp³-hybridized carbons (Fsp3) is 0.429. The molecular formula is C14H8BrF4NO3. The normalized spacial score (nSPS) is 32.1. The van der Waals surface area contributed by atoms with Gasteiger partial charge in [-0.05, 0) is 28.8 Å². The minimum Gasteiger partial charge on any atom is -0.373 e. The predicted octanol–water partition coefficient (Wildman–Crippen LogP) is 2.67. The first-order valence-corrected chi connectivity index (χ1v) is 7.68. The highest BCUT2D eigenvalue weighted by molar-refractivity contribution is 9.10. The van der Waals surface area contributed by atoms with Gasteiger partial charge in [0, 0.05) is 0 Å². The summed E-state index contributed by atoms with van der Waals surface area (Å²) >= 11 is 2.39. The Balaban J connectivity index is 1.87. The molecule has 4 rings (SSSR count). The number of ether oxygens (including phenoxy) is 1. The summed E-state index contributed by atoms with van der Waals surface area (Å²) in [6.07, 6.45) is 0.129. The van der Waals surface area contributed by atoms with Gasteiger partial charge in [-0.3, -0.25) is 9.59 Å². The Bertz CT molecular complexity index is 714. The number of benzene rings is 1. The van der Waals surface area contributed by atoms with Crippen molar-refractivity contribution in [3.63, 3.8) is 0 Å². The van der Waals surface area contributed by atoms with Crippen molar-refractivity contribution in [2.75, 3.05) is 4.90 Å². The maximum Gasteiger partial charge on any atom is 0.240 e. The summed E-state index contributed by atoms with van der Waals surface area (Å²) < 4.78 is 60.0. The first-order valence-electron chi connectivity index (χ1n) is 6.89. The maximum absolute atomic E-state index is 14.1. The third kappa shape index (κ3) is 1.74. The lowest BCUT2D eigenvalue weighted by atomic mass is 9.81. The zero-order valence-corrected chi connectivity index (χ0v) is 12.9. The summed E-state index contributed by atoms with van der Waals surface area (Å²) in [5.74, 6) is -10.4. The lowest BCUT2D eigenvalue weighted by Crippen LogP contribution is -2.36. The lowest BCUT2D eigenvalue weighted by Gasteiger charge is -2.19. The monoisotopic (exact) mass is 393 g/mol. The average molecular weight is 394 g/mol. The zero-order chi connectivity index (χ0) is 16.6. The molecule has 3 saturated heterocycles. The Morgan fingerprint density at radius 2 is 1.30 bits per heavy atom. The standard InChI is InChI=1S/C14H8BrF4NO3/c15-7-8(16)10(18)12(11(19)9(7)17)20-13(21)5-3-1-2-4(23-3)6(5)14(20)22/h3-6H,1-2H2/t3-,4+,5-,6+. The molecule has 2 bridgehead atoms. The van der Waals surface area contributed by atoms with Gasteiger partial charge < -0.3 is 4.74 Å². The number of fused-ring (bicyclic) bond motifs is 5. The third-order valence-corrected chi connectivity index (χ3v) is 5.39. The van der Waals surface area contributed by atoms with Gasteiger partial charge in [0.2, 0.25) is 11.8 Å². The Morgan fingerprint density at radius 3 is 1.74 bits per heavy atom. The molecule has 4 atom stereocenters. The van der Waals surface area contributed by atoms with Crippen LogP contribution in [-0.2, 0) is 14.3 Å². The van der Waals surface area contributed by atoms with Gasteiger partial charge in [0.1, 0.15) is 5.69 Å². The number of nitrogens with zero attached hydrogens (tertiary/aromatic N) is 1. The van der Waals surface area contributed by atoms with E-state index in [0.29, 0.717) is 12.8 Å². The largest absolute Gasteiger partial charge is 0.373 e. The molecule has 0 spiro atoms. The molecule has 3 aliphatic rings. The van der Waals surface area contributed by atoms with Crippen LogP contribution >= 0.6 is 15.9 Å². The summed E-state index contributed by atoms with van der Waals surface area (Å²) in [6.45, 7) is 0. The Labute approximate surface area is 135 Å². The summed E-state index contributed by atoms with van der Waals surface area (Å²) in [5, 5.41) is 0. The number of carbonyl (C=O) groups is 2. The van der Waals surface area contributed by atoms with Crippen LogP contribution in [0.25, 0.3) is 0 Å². The van der Waals surface area contributed by atoms with Crippen LogP contribution < -0.4 is 4.90 Å². The quantitative estimate of drug-likeness (QED) is 0.319. The van der Waals surface area contributed by atoms with Crippen molar-refractivity contribution in [1.29, 1.82) is 0 Å². The van der Waals surface area contributed by atoms with Crippen molar-refractivity contribution in [3.05, 3.63) is 27.7 Å². The molecule has 1 aromatic carbocycles. The minimum absolute atomic E-state index is 0.229. The molecule has 23 heavy (non-hydrogen) atoms. The second-order valence-electron chi connectivity index (χ2n) is 5.77. The highest BCUT2D eigenvalue weighted by atomic mass is 79.9. The number of hydrogen-bond acceptors (Lipinski definition) is 3. The molecule has 4 nitrogen and oxygen atoms in total. The van der Waals surface area contributed by atoms with E-state index in [-0.39, 0.29) is 4.90 Å². The second kappa shape index (κ2) is 4.76. The number of amides is 2. The highest BCUT2D eigenvalue weighted by Gasteiger charge is 2.63. The van der Waals surface area contributed by atoms with Gasteiger partial charge in [-0.25, -0.2) is 22.5 Å². The van der Waals surface area contributed by atoms with E-state index in [1.807, 2.05) is 0 Å². The predicted molar refractivity (Wildman–Crippen MR) is 71.3 cm³/mol. The molecule has 3 fully saturated rings. The topological polar surface area (TPSA) is 46.6 Å². The highest BCUT2D eigenvalue weighted by Crippen LogP contribution is 2.50. The molecule has 0 aliphatic carbocycles.